The molecular formula is C16H18ClN3O3. The van der Waals surface area contributed by atoms with Gasteiger partial charge in [-0.3, -0.25) is 9.79 Å². The molecule has 0 spiro atoms. The number of aliphatic imine (C=N–C) groups is 1. The van der Waals surface area contributed by atoms with Gasteiger partial charge in [0.15, 0.2) is 6.61 Å². The van der Waals surface area contributed by atoms with E-state index in [4.69, 9.17) is 27.8 Å². The van der Waals surface area contributed by atoms with Gasteiger partial charge in [-0.25, -0.2) is 4.79 Å². The van der Waals surface area contributed by atoms with Crippen molar-refractivity contribution < 1.29 is 14.3 Å². The summed E-state index contributed by atoms with van der Waals surface area (Å²) in [7, 11) is 0. The van der Waals surface area contributed by atoms with Crippen LogP contribution >= 0.6 is 11.6 Å². The van der Waals surface area contributed by atoms with Gasteiger partial charge in [0.25, 0.3) is 0 Å². The molecule has 1 saturated carbocycles. The van der Waals surface area contributed by atoms with E-state index < -0.39 is 18.4 Å². The average Bonchev–Trinajstić information content (AvgIpc) is 3.28. The van der Waals surface area contributed by atoms with Crippen LogP contribution in [0.1, 0.15) is 30.1 Å². The maximum atomic E-state index is 12.1. The number of ketones is 1. The summed E-state index contributed by atoms with van der Waals surface area (Å²) < 4.78 is 5.01. The van der Waals surface area contributed by atoms with Crippen molar-refractivity contribution in [3.05, 3.63) is 46.1 Å². The molecule has 0 atom stereocenters. The third-order valence-corrected chi connectivity index (χ3v) is 3.56. The molecule has 0 unspecified atom stereocenters. The summed E-state index contributed by atoms with van der Waals surface area (Å²) in [6, 6.07) is 6.68. The van der Waals surface area contributed by atoms with Gasteiger partial charge in [0.2, 0.25) is 5.78 Å². The van der Waals surface area contributed by atoms with Crippen LogP contribution in [0.5, 0.6) is 0 Å². The van der Waals surface area contributed by atoms with Crippen LogP contribution < -0.4 is 11.5 Å². The Morgan fingerprint density at radius 3 is 2.52 bits per heavy atom. The number of carbonyl (C=O) groups excluding carboxylic acids is 2. The predicted molar refractivity (Wildman–Crippen MR) is 88.3 cm³/mol. The number of halogens is 1. The Morgan fingerprint density at radius 1 is 1.30 bits per heavy atom. The molecule has 4 N–H and O–H groups in total. The second-order valence-electron chi connectivity index (χ2n) is 5.28. The van der Waals surface area contributed by atoms with Crippen molar-refractivity contribution in [2.24, 2.45) is 16.5 Å². The third-order valence-electron chi connectivity index (χ3n) is 3.23. The Bertz CT molecular complexity index is 690. The topological polar surface area (TPSA) is 108 Å². The molecule has 1 aromatic rings. The van der Waals surface area contributed by atoms with Gasteiger partial charge < -0.3 is 16.2 Å². The fourth-order valence-electron chi connectivity index (χ4n) is 1.90. The van der Waals surface area contributed by atoms with Crippen LogP contribution in [0.15, 0.2) is 40.5 Å². The maximum absolute atomic E-state index is 12.1. The lowest BCUT2D eigenvalue weighted by Gasteiger charge is -2.10. The molecule has 0 aliphatic heterocycles. The first-order valence-corrected chi connectivity index (χ1v) is 7.52. The number of nitrogens with zero attached hydrogens (tertiary/aromatic N) is 1. The number of hydrogen-bond acceptors (Lipinski definition) is 5. The molecule has 1 fully saturated rings. The van der Waals surface area contributed by atoms with E-state index in [1.165, 1.54) is 6.92 Å². The van der Waals surface area contributed by atoms with Crippen LogP contribution in [0.25, 0.3) is 0 Å². The SMILES string of the molecule is C/C(N)=C(\C(=O)OCC(=O)c1ccccc1Cl)C(N)=NC1CC1. The first-order chi connectivity index (χ1) is 10.9. The Morgan fingerprint density at radius 2 is 1.96 bits per heavy atom. The maximum Gasteiger partial charge on any atom is 0.344 e. The van der Waals surface area contributed by atoms with Crippen molar-refractivity contribution in [1.82, 2.24) is 0 Å². The third kappa shape index (κ3) is 4.56. The number of esters is 1. The van der Waals surface area contributed by atoms with E-state index in [-0.39, 0.29) is 28.7 Å². The molecule has 2 rings (SSSR count). The van der Waals surface area contributed by atoms with E-state index in [9.17, 15) is 9.59 Å². The highest BCUT2D eigenvalue weighted by Crippen LogP contribution is 2.24. The van der Waals surface area contributed by atoms with Gasteiger partial charge in [-0.1, -0.05) is 23.7 Å². The molecule has 0 radical (unpaired) electrons. The summed E-state index contributed by atoms with van der Waals surface area (Å²) in [6.07, 6.45) is 1.88. The van der Waals surface area contributed by atoms with E-state index in [0.717, 1.165) is 12.8 Å². The number of nitrogens with two attached hydrogens (primary N) is 2. The summed E-state index contributed by atoms with van der Waals surface area (Å²) in [4.78, 5) is 28.4. The largest absolute Gasteiger partial charge is 0.454 e. The summed E-state index contributed by atoms with van der Waals surface area (Å²) in [6.45, 7) is 1.08. The Hall–Kier alpha value is -2.34. The number of benzene rings is 1. The number of amidine groups is 1. The van der Waals surface area contributed by atoms with Crippen LogP contribution in [0.2, 0.25) is 5.02 Å². The fraction of sp³-hybridized carbons (Fsp3) is 0.312. The number of allylic oxidation sites excluding steroid dienone is 1. The van der Waals surface area contributed by atoms with Crippen molar-refractivity contribution in [2.75, 3.05) is 6.61 Å². The molecule has 0 aromatic heterocycles. The zero-order valence-electron chi connectivity index (χ0n) is 12.7. The predicted octanol–water partition coefficient (Wildman–Crippen LogP) is 1.82. The fourth-order valence-corrected chi connectivity index (χ4v) is 2.14. The second-order valence-corrected chi connectivity index (χ2v) is 5.69. The van der Waals surface area contributed by atoms with Crippen LogP contribution in [0.3, 0.4) is 0 Å². The number of rotatable bonds is 6. The van der Waals surface area contributed by atoms with E-state index in [1.807, 2.05) is 0 Å². The first-order valence-electron chi connectivity index (χ1n) is 7.15. The molecule has 23 heavy (non-hydrogen) atoms. The van der Waals surface area contributed by atoms with Crippen LogP contribution in [0, 0.1) is 0 Å². The number of Topliss-reactive ketones (excluding diaryl/α,β-unsaturated/α-hetero) is 1. The van der Waals surface area contributed by atoms with Gasteiger partial charge >= 0.3 is 5.97 Å². The van der Waals surface area contributed by atoms with Crippen molar-refractivity contribution in [1.29, 1.82) is 0 Å². The lowest BCUT2D eigenvalue weighted by molar-refractivity contribution is -0.137. The van der Waals surface area contributed by atoms with Gasteiger partial charge in [0.05, 0.1) is 11.1 Å². The molecule has 1 aliphatic carbocycles. The Labute approximate surface area is 139 Å². The van der Waals surface area contributed by atoms with Crippen molar-refractivity contribution >= 4 is 29.2 Å². The van der Waals surface area contributed by atoms with Crippen molar-refractivity contribution in [3.8, 4) is 0 Å². The van der Waals surface area contributed by atoms with Crippen LogP contribution in [-0.4, -0.2) is 30.2 Å². The van der Waals surface area contributed by atoms with Crippen molar-refractivity contribution in [3.63, 3.8) is 0 Å². The molecule has 1 aliphatic rings. The van der Waals surface area contributed by atoms with Crippen LogP contribution in [0.4, 0.5) is 0 Å². The summed E-state index contributed by atoms with van der Waals surface area (Å²) in [5.74, 6) is -1.13. The minimum atomic E-state index is -0.771. The summed E-state index contributed by atoms with van der Waals surface area (Å²) in [5, 5.41) is 0.300. The van der Waals surface area contributed by atoms with Crippen molar-refractivity contribution in [2.45, 2.75) is 25.8 Å². The molecular weight excluding hydrogens is 318 g/mol. The zero-order valence-corrected chi connectivity index (χ0v) is 13.5. The smallest absolute Gasteiger partial charge is 0.344 e. The molecule has 0 saturated heterocycles. The van der Waals surface area contributed by atoms with Gasteiger partial charge in [0, 0.05) is 11.3 Å². The van der Waals surface area contributed by atoms with Gasteiger partial charge in [-0.15, -0.1) is 0 Å². The van der Waals surface area contributed by atoms with E-state index in [0.29, 0.717) is 5.02 Å². The van der Waals surface area contributed by atoms with Gasteiger partial charge in [0.1, 0.15) is 11.4 Å². The Kier molecular flexibility index (Phi) is 5.39. The Balaban J connectivity index is 2.04. The number of carbonyl (C=O) groups is 2. The summed E-state index contributed by atoms with van der Waals surface area (Å²) >= 11 is 5.93. The normalized spacial score (nSPS) is 15.8. The highest BCUT2D eigenvalue weighted by molar-refractivity contribution is 6.34. The standard InChI is InChI=1S/C16H18ClN3O3/c1-9(18)14(15(19)20-10-6-7-10)16(22)23-8-13(21)11-4-2-3-5-12(11)17/h2-5,10H,6-8,18H2,1H3,(H2,19,20)/b14-9+. The lowest BCUT2D eigenvalue weighted by Crippen LogP contribution is -2.28. The molecule has 0 amide bonds. The second kappa shape index (κ2) is 7.28. The molecule has 6 nitrogen and oxygen atoms in total. The molecule has 7 heteroatoms. The highest BCUT2D eigenvalue weighted by Gasteiger charge is 2.25. The molecule has 0 bridgehead atoms. The number of ether oxygens (including phenoxy) is 1. The van der Waals surface area contributed by atoms with E-state index in [1.54, 1.807) is 24.3 Å². The first kappa shape index (κ1) is 17.0. The van der Waals surface area contributed by atoms with Gasteiger partial charge in [-0.05, 0) is 31.9 Å². The molecule has 0 heterocycles. The number of hydrogen-bond donors (Lipinski definition) is 2. The van der Waals surface area contributed by atoms with Gasteiger partial charge in [-0.2, -0.15) is 0 Å². The highest BCUT2D eigenvalue weighted by atomic mass is 35.5. The van der Waals surface area contributed by atoms with Crippen LogP contribution in [-0.2, 0) is 9.53 Å². The minimum Gasteiger partial charge on any atom is -0.454 e. The quantitative estimate of drug-likeness (QED) is 0.271. The molecule has 1 aromatic carbocycles. The lowest BCUT2D eigenvalue weighted by atomic mass is 10.1. The summed E-state index contributed by atoms with van der Waals surface area (Å²) in [5.41, 5.74) is 12.0. The minimum absolute atomic E-state index is 0.00357. The zero-order chi connectivity index (χ0) is 17.0. The van der Waals surface area contributed by atoms with E-state index in [2.05, 4.69) is 4.99 Å². The monoisotopic (exact) mass is 335 g/mol. The average molecular weight is 336 g/mol. The van der Waals surface area contributed by atoms with E-state index >= 15 is 0 Å². The molecule has 122 valence electrons.